The monoisotopic (exact) mass is 264 g/mol. The van der Waals surface area contributed by atoms with Gasteiger partial charge < -0.3 is 5.11 Å². The average molecular weight is 264 g/mol. The summed E-state index contributed by atoms with van der Waals surface area (Å²) in [5, 5.41) is 11.6. The summed E-state index contributed by atoms with van der Waals surface area (Å²) in [5.74, 6) is 0. The minimum atomic E-state index is -0.524. The maximum atomic E-state index is 10.5. The van der Waals surface area contributed by atoms with E-state index < -0.39 is 6.10 Å². The Labute approximate surface area is 117 Å². The van der Waals surface area contributed by atoms with Gasteiger partial charge in [0.25, 0.3) is 0 Å². The highest BCUT2D eigenvalue weighted by Gasteiger charge is 2.12. The van der Waals surface area contributed by atoms with Crippen LogP contribution in [0.15, 0.2) is 55.0 Å². The van der Waals surface area contributed by atoms with E-state index in [1.165, 1.54) is 0 Å². The lowest BCUT2D eigenvalue weighted by molar-refractivity contribution is 0.178. The van der Waals surface area contributed by atoms with E-state index in [1.807, 2.05) is 43.3 Å². The highest BCUT2D eigenvalue weighted by Crippen LogP contribution is 2.24. The van der Waals surface area contributed by atoms with Crippen molar-refractivity contribution in [1.29, 1.82) is 0 Å². The lowest BCUT2D eigenvalue weighted by atomic mass is 9.97. The highest BCUT2D eigenvalue weighted by molar-refractivity contribution is 5.81. The summed E-state index contributed by atoms with van der Waals surface area (Å²) in [7, 11) is 0. The second kappa shape index (κ2) is 5.39. The van der Waals surface area contributed by atoms with Crippen molar-refractivity contribution in [2.45, 2.75) is 19.4 Å². The topological polar surface area (TPSA) is 46.0 Å². The Balaban J connectivity index is 1.96. The van der Waals surface area contributed by atoms with Crippen molar-refractivity contribution in [3.63, 3.8) is 0 Å². The van der Waals surface area contributed by atoms with Crippen LogP contribution in [-0.2, 0) is 6.42 Å². The lowest BCUT2D eigenvalue weighted by Gasteiger charge is -2.14. The van der Waals surface area contributed by atoms with Gasteiger partial charge in [-0.05, 0) is 41.8 Å². The van der Waals surface area contributed by atoms with Gasteiger partial charge in [-0.15, -0.1) is 0 Å². The number of aryl methyl sites for hydroxylation is 1. The van der Waals surface area contributed by atoms with Crippen molar-refractivity contribution in [2.75, 3.05) is 0 Å². The maximum absolute atomic E-state index is 10.5. The molecule has 2 aromatic heterocycles. The molecule has 0 amide bonds. The van der Waals surface area contributed by atoms with Crippen LogP contribution >= 0.6 is 0 Å². The largest absolute Gasteiger partial charge is 0.388 e. The molecule has 1 atom stereocenters. The molecule has 3 rings (SSSR count). The van der Waals surface area contributed by atoms with Crippen LogP contribution in [0.5, 0.6) is 0 Å². The zero-order valence-electron chi connectivity index (χ0n) is 11.3. The molecule has 100 valence electrons. The zero-order chi connectivity index (χ0) is 13.9. The Bertz CT molecular complexity index is 734. The molecule has 0 saturated carbocycles. The number of aliphatic hydroxyl groups is 1. The van der Waals surface area contributed by atoms with Gasteiger partial charge in [0.2, 0.25) is 0 Å². The summed E-state index contributed by atoms with van der Waals surface area (Å²) >= 11 is 0. The molecule has 0 spiro atoms. The molecule has 0 radical (unpaired) electrons. The summed E-state index contributed by atoms with van der Waals surface area (Å²) < 4.78 is 0. The molecular weight excluding hydrogens is 248 g/mol. The highest BCUT2D eigenvalue weighted by atomic mass is 16.3. The van der Waals surface area contributed by atoms with Crippen molar-refractivity contribution >= 4 is 10.9 Å². The van der Waals surface area contributed by atoms with Gasteiger partial charge in [-0.1, -0.05) is 18.2 Å². The molecule has 0 aliphatic heterocycles. The van der Waals surface area contributed by atoms with Crippen LogP contribution in [0.2, 0.25) is 0 Å². The lowest BCUT2D eigenvalue weighted by Crippen LogP contribution is -2.04. The number of aliphatic hydroxyl groups excluding tert-OH is 1. The zero-order valence-corrected chi connectivity index (χ0v) is 11.3. The van der Waals surface area contributed by atoms with Crippen LogP contribution in [-0.4, -0.2) is 15.1 Å². The third-order valence-electron chi connectivity index (χ3n) is 3.58. The van der Waals surface area contributed by atoms with E-state index in [-0.39, 0.29) is 0 Å². The van der Waals surface area contributed by atoms with Crippen LogP contribution in [0.1, 0.15) is 22.8 Å². The SMILES string of the molecule is Cc1cnccc1C(O)Cc1ccnc2ccccc12. The van der Waals surface area contributed by atoms with Gasteiger partial charge in [0.15, 0.2) is 0 Å². The van der Waals surface area contributed by atoms with Crippen molar-refractivity contribution in [2.24, 2.45) is 0 Å². The van der Waals surface area contributed by atoms with E-state index in [2.05, 4.69) is 9.97 Å². The molecule has 0 bridgehead atoms. The molecule has 0 aliphatic carbocycles. The number of fused-ring (bicyclic) bond motifs is 1. The fourth-order valence-corrected chi connectivity index (χ4v) is 2.51. The van der Waals surface area contributed by atoms with Crippen LogP contribution in [0.25, 0.3) is 10.9 Å². The van der Waals surface area contributed by atoms with E-state index in [1.54, 1.807) is 18.6 Å². The first kappa shape index (κ1) is 12.8. The molecule has 1 N–H and O–H groups in total. The van der Waals surface area contributed by atoms with Gasteiger partial charge >= 0.3 is 0 Å². The Morgan fingerprint density at radius 3 is 2.80 bits per heavy atom. The number of para-hydroxylation sites is 1. The number of hydrogen-bond donors (Lipinski definition) is 1. The maximum Gasteiger partial charge on any atom is 0.0834 e. The molecule has 0 aliphatic rings. The second-order valence-electron chi connectivity index (χ2n) is 4.94. The second-order valence-corrected chi connectivity index (χ2v) is 4.94. The van der Waals surface area contributed by atoms with E-state index in [4.69, 9.17) is 0 Å². The summed E-state index contributed by atoms with van der Waals surface area (Å²) in [6, 6.07) is 11.9. The normalized spacial score (nSPS) is 12.5. The molecule has 3 nitrogen and oxygen atoms in total. The van der Waals surface area contributed by atoms with Gasteiger partial charge in [-0.2, -0.15) is 0 Å². The first-order valence-corrected chi connectivity index (χ1v) is 6.67. The summed E-state index contributed by atoms with van der Waals surface area (Å²) in [4.78, 5) is 8.41. The smallest absolute Gasteiger partial charge is 0.0834 e. The Hall–Kier alpha value is -2.26. The van der Waals surface area contributed by atoms with Gasteiger partial charge in [-0.25, -0.2) is 0 Å². The first-order chi connectivity index (χ1) is 9.75. The van der Waals surface area contributed by atoms with Crippen LogP contribution in [0.4, 0.5) is 0 Å². The van der Waals surface area contributed by atoms with E-state index >= 15 is 0 Å². The average Bonchev–Trinajstić information content (AvgIpc) is 2.48. The number of nitrogens with zero attached hydrogens (tertiary/aromatic N) is 2. The van der Waals surface area contributed by atoms with Gasteiger partial charge in [-0.3, -0.25) is 9.97 Å². The molecule has 1 unspecified atom stereocenters. The molecule has 20 heavy (non-hydrogen) atoms. The molecule has 2 heterocycles. The summed E-state index contributed by atoms with van der Waals surface area (Å²) in [6.45, 7) is 1.97. The van der Waals surface area contributed by atoms with E-state index in [0.717, 1.165) is 27.6 Å². The number of pyridine rings is 2. The minimum absolute atomic E-state index is 0.524. The standard InChI is InChI=1S/C17H16N2O/c1-12-11-18-8-7-14(12)17(20)10-13-6-9-19-16-5-3-2-4-15(13)16/h2-9,11,17,20H,10H2,1H3. The summed E-state index contributed by atoms with van der Waals surface area (Å²) in [5.41, 5.74) is 4.02. The molecule has 3 aromatic rings. The summed E-state index contributed by atoms with van der Waals surface area (Å²) in [6.07, 6.45) is 5.35. The minimum Gasteiger partial charge on any atom is -0.388 e. The first-order valence-electron chi connectivity index (χ1n) is 6.67. The fraction of sp³-hybridized carbons (Fsp3) is 0.176. The van der Waals surface area contributed by atoms with Crippen molar-refractivity contribution < 1.29 is 5.11 Å². The van der Waals surface area contributed by atoms with Gasteiger partial charge in [0.05, 0.1) is 11.6 Å². The molecule has 0 saturated heterocycles. The quantitative estimate of drug-likeness (QED) is 0.790. The van der Waals surface area contributed by atoms with Crippen LogP contribution in [0, 0.1) is 6.92 Å². The van der Waals surface area contributed by atoms with Crippen LogP contribution in [0.3, 0.4) is 0 Å². The predicted octanol–water partition coefficient (Wildman–Crippen LogP) is 3.21. The van der Waals surface area contributed by atoms with E-state index in [9.17, 15) is 5.11 Å². The Kier molecular flexibility index (Phi) is 3.44. The van der Waals surface area contributed by atoms with Gasteiger partial charge in [0.1, 0.15) is 0 Å². The number of aromatic nitrogens is 2. The molecular formula is C17H16N2O. The number of rotatable bonds is 3. The number of benzene rings is 1. The number of hydrogen-bond acceptors (Lipinski definition) is 3. The third-order valence-corrected chi connectivity index (χ3v) is 3.58. The van der Waals surface area contributed by atoms with Gasteiger partial charge in [0, 0.05) is 30.4 Å². The van der Waals surface area contributed by atoms with Crippen molar-refractivity contribution in [3.05, 3.63) is 71.7 Å². The Morgan fingerprint density at radius 2 is 1.95 bits per heavy atom. The molecule has 0 fully saturated rings. The van der Waals surface area contributed by atoms with Crippen molar-refractivity contribution in [1.82, 2.24) is 9.97 Å². The van der Waals surface area contributed by atoms with Crippen LogP contribution < -0.4 is 0 Å². The predicted molar refractivity (Wildman–Crippen MR) is 79.4 cm³/mol. The Morgan fingerprint density at radius 1 is 1.10 bits per heavy atom. The van der Waals surface area contributed by atoms with Crippen molar-refractivity contribution in [3.8, 4) is 0 Å². The molecule has 1 aromatic carbocycles. The fourth-order valence-electron chi connectivity index (χ4n) is 2.51. The third kappa shape index (κ3) is 2.40. The molecule has 3 heteroatoms. The van der Waals surface area contributed by atoms with E-state index in [0.29, 0.717) is 6.42 Å².